The Morgan fingerprint density at radius 3 is 2.58 bits per heavy atom. The van der Waals surface area contributed by atoms with E-state index in [0.29, 0.717) is 11.7 Å². The van der Waals surface area contributed by atoms with Gasteiger partial charge in [-0.2, -0.15) is 11.8 Å². The highest BCUT2D eigenvalue weighted by atomic mass is 32.2. The smallest absolute Gasteiger partial charge is 0.219 e. The molecular formula is C20H19N3O2S. The van der Waals surface area contributed by atoms with E-state index in [1.54, 1.807) is 12.3 Å². The zero-order valence-corrected chi connectivity index (χ0v) is 15.0. The Balaban J connectivity index is 1.51. The van der Waals surface area contributed by atoms with Crippen molar-refractivity contribution in [3.8, 4) is 11.6 Å². The molecule has 1 saturated heterocycles. The van der Waals surface area contributed by atoms with E-state index in [1.165, 1.54) is 5.39 Å². The summed E-state index contributed by atoms with van der Waals surface area (Å²) in [4.78, 5) is 6.45. The van der Waals surface area contributed by atoms with Crippen LogP contribution in [0.15, 0.2) is 65.9 Å². The lowest BCUT2D eigenvalue weighted by Crippen LogP contribution is -2.38. The number of nitrogens with zero attached hydrogens (tertiary/aromatic N) is 3. The predicted octanol–water partition coefficient (Wildman–Crippen LogP) is 4.21. The number of ether oxygens (including phenoxy) is 1. The number of amidine groups is 1. The molecule has 0 bridgehead atoms. The van der Waals surface area contributed by atoms with Crippen molar-refractivity contribution in [1.29, 1.82) is 0 Å². The van der Waals surface area contributed by atoms with E-state index in [0.717, 1.165) is 41.3 Å². The van der Waals surface area contributed by atoms with Crippen molar-refractivity contribution in [2.24, 2.45) is 5.16 Å². The average molecular weight is 365 g/mol. The van der Waals surface area contributed by atoms with Gasteiger partial charge in [-0.3, -0.25) is 0 Å². The maximum Gasteiger partial charge on any atom is 0.219 e. The minimum atomic E-state index is 0.510. The number of hydrogen-bond donors (Lipinski definition) is 1. The second-order valence-electron chi connectivity index (χ2n) is 6.02. The molecule has 0 amide bonds. The van der Waals surface area contributed by atoms with Crippen LogP contribution >= 0.6 is 11.8 Å². The number of benzene rings is 2. The Labute approximate surface area is 156 Å². The molecule has 4 rings (SSSR count). The van der Waals surface area contributed by atoms with Gasteiger partial charge in [0.2, 0.25) is 5.88 Å². The van der Waals surface area contributed by atoms with E-state index in [-0.39, 0.29) is 0 Å². The maximum absolute atomic E-state index is 9.42. The predicted molar refractivity (Wildman–Crippen MR) is 105 cm³/mol. The zero-order chi connectivity index (χ0) is 17.8. The first-order chi connectivity index (χ1) is 12.8. The van der Waals surface area contributed by atoms with Gasteiger partial charge < -0.3 is 14.8 Å². The average Bonchev–Trinajstić information content (AvgIpc) is 2.71. The first kappa shape index (κ1) is 16.7. The Hall–Kier alpha value is -2.73. The lowest BCUT2D eigenvalue weighted by Gasteiger charge is -2.28. The molecular weight excluding hydrogens is 346 g/mol. The quantitative estimate of drug-likeness (QED) is 0.326. The van der Waals surface area contributed by atoms with Crippen molar-refractivity contribution in [3.05, 3.63) is 66.4 Å². The summed E-state index contributed by atoms with van der Waals surface area (Å²) >= 11 is 1.91. The van der Waals surface area contributed by atoms with Gasteiger partial charge in [-0.05, 0) is 29.0 Å². The summed E-state index contributed by atoms with van der Waals surface area (Å²) in [5.74, 6) is 3.89. The molecule has 2 heterocycles. The molecule has 1 fully saturated rings. The molecule has 3 aromatic rings. The summed E-state index contributed by atoms with van der Waals surface area (Å²) in [5.41, 5.74) is 0.783. The van der Waals surface area contributed by atoms with Crippen molar-refractivity contribution in [1.82, 2.24) is 9.88 Å². The molecule has 132 valence electrons. The molecule has 2 aromatic carbocycles. The van der Waals surface area contributed by atoms with Crippen LogP contribution in [0, 0.1) is 0 Å². The molecule has 0 atom stereocenters. The topological polar surface area (TPSA) is 58.0 Å². The fourth-order valence-electron chi connectivity index (χ4n) is 3.00. The molecule has 6 heteroatoms. The third-order valence-electron chi connectivity index (χ3n) is 4.34. The summed E-state index contributed by atoms with van der Waals surface area (Å²) in [6.45, 7) is 1.75. The number of aromatic nitrogens is 1. The van der Waals surface area contributed by atoms with Crippen LogP contribution in [0.25, 0.3) is 10.8 Å². The second-order valence-corrected chi connectivity index (χ2v) is 7.24. The molecule has 26 heavy (non-hydrogen) atoms. The second kappa shape index (κ2) is 7.66. The number of pyridine rings is 1. The van der Waals surface area contributed by atoms with E-state index in [1.807, 2.05) is 48.2 Å². The van der Waals surface area contributed by atoms with Gasteiger partial charge in [-0.25, -0.2) is 4.98 Å². The molecule has 0 unspecified atom stereocenters. The molecule has 5 nitrogen and oxygen atoms in total. The van der Waals surface area contributed by atoms with Crippen LogP contribution in [0.3, 0.4) is 0 Å². The fourth-order valence-corrected chi connectivity index (χ4v) is 3.91. The minimum absolute atomic E-state index is 0.510. The van der Waals surface area contributed by atoms with Crippen LogP contribution in [0.5, 0.6) is 11.6 Å². The van der Waals surface area contributed by atoms with Gasteiger partial charge >= 0.3 is 0 Å². The van der Waals surface area contributed by atoms with Crippen molar-refractivity contribution in [3.63, 3.8) is 0 Å². The van der Waals surface area contributed by atoms with Crippen molar-refractivity contribution < 1.29 is 9.94 Å². The first-order valence-corrected chi connectivity index (χ1v) is 9.67. The maximum atomic E-state index is 9.42. The number of fused-ring (bicyclic) bond motifs is 1. The first-order valence-electron chi connectivity index (χ1n) is 8.51. The van der Waals surface area contributed by atoms with Crippen molar-refractivity contribution in [2.45, 2.75) is 0 Å². The molecule has 0 spiro atoms. The van der Waals surface area contributed by atoms with Gasteiger partial charge in [0.25, 0.3) is 0 Å². The molecule has 0 aliphatic carbocycles. The van der Waals surface area contributed by atoms with E-state index in [9.17, 15) is 5.21 Å². The Kier molecular flexibility index (Phi) is 4.93. The third kappa shape index (κ3) is 3.60. The molecule has 1 aliphatic rings. The highest BCUT2D eigenvalue weighted by molar-refractivity contribution is 7.99. The van der Waals surface area contributed by atoms with E-state index >= 15 is 0 Å². The Morgan fingerprint density at radius 2 is 1.85 bits per heavy atom. The highest BCUT2D eigenvalue weighted by Crippen LogP contribution is 2.25. The standard InChI is InChI=1S/C20H19N3O2S/c24-22-20(23-9-11-26-12-10-23)17-6-8-19(21-14-17)25-18-7-5-15-3-1-2-4-16(15)13-18/h1-8,13-14,24H,9-12H2/b22-20-. The van der Waals surface area contributed by atoms with E-state index in [4.69, 9.17) is 4.74 Å². The summed E-state index contributed by atoms with van der Waals surface area (Å²) in [5, 5.41) is 15.2. The summed E-state index contributed by atoms with van der Waals surface area (Å²) in [7, 11) is 0. The van der Waals surface area contributed by atoms with Crippen LogP contribution in [0.2, 0.25) is 0 Å². The van der Waals surface area contributed by atoms with Crippen LogP contribution in [-0.4, -0.2) is 45.5 Å². The van der Waals surface area contributed by atoms with Crippen molar-refractivity contribution in [2.75, 3.05) is 24.6 Å². The fraction of sp³-hybridized carbons (Fsp3) is 0.200. The minimum Gasteiger partial charge on any atom is -0.439 e. The Bertz CT molecular complexity index is 922. The van der Waals surface area contributed by atoms with E-state index < -0.39 is 0 Å². The van der Waals surface area contributed by atoms with Crippen LogP contribution in [-0.2, 0) is 0 Å². The van der Waals surface area contributed by atoms with E-state index in [2.05, 4.69) is 27.2 Å². The lowest BCUT2D eigenvalue weighted by molar-refractivity contribution is 0.303. The SMILES string of the molecule is O/N=C(/c1ccc(Oc2ccc3ccccc3c2)nc1)N1CCSCC1. The molecule has 0 radical (unpaired) electrons. The van der Waals surface area contributed by atoms with Crippen LogP contribution in [0.1, 0.15) is 5.56 Å². The van der Waals surface area contributed by atoms with Gasteiger partial charge in [0.1, 0.15) is 5.75 Å². The monoisotopic (exact) mass is 365 g/mol. The number of rotatable bonds is 3. The Morgan fingerprint density at radius 1 is 1.04 bits per heavy atom. The number of oxime groups is 1. The molecule has 1 aliphatic heterocycles. The van der Waals surface area contributed by atoms with Gasteiger partial charge in [0.05, 0.1) is 0 Å². The number of hydrogen-bond acceptors (Lipinski definition) is 5. The summed E-state index contributed by atoms with van der Waals surface area (Å²) < 4.78 is 5.87. The van der Waals surface area contributed by atoms with Gasteiger partial charge in [0.15, 0.2) is 5.84 Å². The van der Waals surface area contributed by atoms with Crippen molar-refractivity contribution >= 4 is 28.4 Å². The van der Waals surface area contributed by atoms with Gasteiger partial charge in [0, 0.05) is 42.4 Å². The summed E-state index contributed by atoms with van der Waals surface area (Å²) in [6.07, 6.45) is 1.69. The lowest BCUT2D eigenvalue weighted by atomic mass is 10.1. The van der Waals surface area contributed by atoms with Crippen LogP contribution < -0.4 is 4.74 Å². The molecule has 0 saturated carbocycles. The number of thioether (sulfide) groups is 1. The van der Waals surface area contributed by atoms with Gasteiger partial charge in [-0.15, -0.1) is 0 Å². The molecule has 1 N–H and O–H groups in total. The van der Waals surface area contributed by atoms with Crippen LogP contribution in [0.4, 0.5) is 0 Å². The third-order valence-corrected chi connectivity index (χ3v) is 5.29. The molecule has 1 aromatic heterocycles. The zero-order valence-electron chi connectivity index (χ0n) is 14.2. The highest BCUT2D eigenvalue weighted by Gasteiger charge is 2.17. The normalized spacial score (nSPS) is 15.2. The largest absolute Gasteiger partial charge is 0.439 e. The van der Waals surface area contributed by atoms with Gasteiger partial charge in [-0.1, -0.05) is 35.5 Å². The summed E-state index contributed by atoms with van der Waals surface area (Å²) in [6, 6.07) is 17.8.